The van der Waals surface area contributed by atoms with Gasteiger partial charge in [-0.3, -0.25) is 13.9 Å². The van der Waals surface area contributed by atoms with Crippen molar-refractivity contribution in [3.8, 4) is 5.75 Å². The van der Waals surface area contributed by atoms with Gasteiger partial charge in [0.05, 0.1) is 26.4 Å². The highest BCUT2D eigenvalue weighted by Crippen LogP contribution is 2.45. The number of carbonyl (C=O) groups is 1. The Hall–Kier alpha value is -3.52. The van der Waals surface area contributed by atoms with Crippen LogP contribution in [-0.4, -0.2) is 59.1 Å². The summed E-state index contributed by atoms with van der Waals surface area (Å²) in [5.74, 6) is -1.45. The van der Waals surface area contributed by atoms with Crippen LogP contribution in [-0.2, 0) is 23.4 Å². The molecule has 37 heavy (non-hydrogen) atoms. The van der Waals surface area contributed by atoms with Crippen LogP contribution in [0.25, 0.3) is 10.4 Å². The zero-order chi connectivity index (χ0) is 27.6. The van der Waals surface area contributed by atoms with Crippen LogP contribution in [0.5, 0.6) is 5.75 Å². The first-order chi connectivity index (χ1) is 17.5. The fourth-order valence-corrected chi connectivity index (χ4v) is 4.31. The number of nitrogens with one attached hydrogen (secondary N) is 1. The molecule has 0 aliphatic heterocycles. The maximum atomic E-state index is 13.5. The Morgan fingerprint density at radius 1 is 1.35 bits per heavy atom. The molecule has 0 radical (unpaired) electrons. The molecule has 1 heterocycles. The molecule has 17 heteroatoms. The minimum Gasteiger partial charge on any atom is -0.468 e. The van der Waals surface area contributed by atoms with Crippen molar-refractivity contribution in [1.29, 1.82) is 0 Å². The lowest BCUT2D eigenvalue weighted by Gasteiger charge is -2.29. The van der Waals surface area contributed by atoms with Crippen LogP contribution in [0.15, 0.2) is 46.4 Å². The number of nitrogen functional groups attached to an aromatic ring is 1. The zero-order valence-corrected chi connectivity index (χ0v) is 21.0. The fraction of sp³-hybridized carbons (Fsp3) is 0.450. The van der Waals surface area contributed by atoms with Gasteiger partial charge in [0.2, 0.25) is 0 Å². The Kier molecular flexibility index (Phi) is 11.0. The van der Waals surface area contributed by atoms with Gasteiger partial charge >= 0.3 is 19.4 Å². The maximum absolute atomic E-state index is 13.5. The van der Waals surface area contributed by atoms with Gasteiger partial charge < -0.3 is 24.8 Å². The van der Waals surface area contributed by atoms with Crippen LogP contribution in [0.4, 0.5) is 10.2 Å². The molecule has 0 aliphatic rings. The van der Waals surface area contributed by atoms with E-state index >= 15 is 0 Å². The van der Waals surface area contributed by atoms with Crippen LogP contribution >= 0.6 is 7.75 Å². The predicted octanol–water partition coefficient (Wildman–Crippen LogP) is 1.89. The lowest BCUT2D eigenvalue weighted by Crippen LogP contribution is -2.39. The average Bonchev–Trinajstić information content (AvgIpc) is 2.84. The molecular weight excluding hydrogens is 516 g/mol. The molecule has 0 bridgehead atoms. The number of aliphatic hydroxyl groups excluding tert-OH is 1. The number of esters is 1. The van der Waals surface area contributed by atoms with Crippen molar-refractivity contribution < 1.29 is 37.4 Å². The number of halogens is 1. The van der Waals surface area contributed by atoms with Gasteiger partial charge in [0.1, 0.15) is 35.8 Å². The van der Waals surface area contributed by atoms with E-state index in [0.717, 1.165) is 23.8 Å². The highest BCUT2D eigenvalue weighted by molar-refractivity contribution is 7.52. The lowest BCUT2D eigenvalue weighted by molar-refractivity contribution is -0.142. The first-order valence-electron chi connectivity index (χ1n) is 10.7. The SMILES string of the molecule is COC(=O)[C@H](C)NP(=O)(OC[C@@H](OC(CN=[N+]=[N-])n1ccc(N)nc1=O)C(C)O)Oc1ccc(F)cc1. The third-order valence-electron chi connectivity index (χ3n) is 4.69. The molecule has 3 unspecified atom stereocenters. The number of methoxy groups -OCH3 is 1. The minimum atomic E-state index is -4.37. The average molecular weight is 543 g/mol. The standard InChI is InChI=1S/C20H27FN7O8P/c1-12(19(30)33-3)26-37(32,36-15-6-4-14(21)5-7-15)34-11-16(13(2)29)35-18(10-24-27-23)28-9-8-17(22)25-20(28)31/h4-9,12-13,16,18,29H,10-11H2,1-3H3,(H,26,32)(H2,22,25,31)/t12-,13?,16+,18?,37?/m0/s1. The van der Waals surface area contributed by atoms with Crippen LogP contribution in [0, 0.1) is 5.82 Å². The first-order valence-corrected chi connectivity index (χ1v) is 12.3. The van der Waals surface area contributed by atoms with Gasteiger partial charge in [0.25, 0.3) is 0 Å². The number of carbonyl (C=O) groups excluding carboxylic acids is 1. The normalized spacial score (nSPS) is 15.9. The highest BCUT2D eigenvalue weighted by Gasteiger charge is 2.34. The smallest absolute Gasteiger partial charge is 0.459 e. The van der Waals surface area contributed by atoms with E-state index in [9.17, 15) is 23.7 Å². The summed E-state index contributed by atoms with van der Waals surface area (Å²) in [6.07, 6.45) is -2.52. The molecule has 0 spiro atoms. The minimum absolute atomic E-state index is 0.0513. The zero-order valence-electron chi connectivity index (χ0n) is 20.1. The number of benzene rings is 1. The van der Waals surface area contributed by atoms with Gasteiger partial charge in [-0.25, -0.2) is 13.8 Å². The fourth-order valence-electron chi connectivity index (χ4n) is 2.80. The van der Waals surface area contributed by atoms with Crippen molar-refractivity contribution in [1.82, 2.24) is 14.6 Å². The van der Waals surface area contributed by atoms with Crippen LogP contribution in [0.2, 0.25) is 0 Å². The summed E-state index contributed by atoms with van der Waals surface area (Å²) in [7, 11) is -3.24. The van der Waals surface area contributed by atoms with E-state index in [4.69, 9.17) is 25.0 Å². The number of hydrogen-bond donors (Lipinski definition) is 3. The lowest BCUT2D eigenvalue weighted by atomic mass is 10.2. The second-order valence-electron chi connectivity index (χ2n) is 7.54. The predicted molar refractivity (Wildman–Crippen MR) is 128 cm³/mol. The van der Waals surface area contributed by atoms with E-state index in [-0.39, 0.29) is 18.1 Å². The van der Waals surface area contributed by atoms with Crippen molar-refractivity contribution in [2.45, 2.75) is 38.3 Å². The molecule has 2 aromatic rings. The van der Waals surface area contributed by atoms with Gasteiger partial charge in [-0.05, 0) is 49.7 Å². The van der Waals surface area contributed by atoms with Crippen LogP contribution < -0.4 is 21.0 Å². The molecule has 2 rings (SSSR count). The molecule has 4 N–H and O–H groups in total. The van der Waals surface area contributed by atoms with Gasteiger partial charge in [-0.15, -0.1) is 0 Å². The van der Waals surface area contributed by atoms with E-state index in [1.165, 1.54) is 38.2 Å². The van der Waals surface area contributed by atoms with E-state index in [2.05, 4.69) is 24.8 Å². The number of aliphatic hydroxyl groups is 1. The first kappa shape index (κ1) is 29.7. The number of anilines is 1. The highest BCUT2D eigenvalue weighted by atomic mass is 31.2. The van der Waals surface area contributed by atoms with Gasteiger partial charge in [-0.1, -0.05) is 5.11 Å². The monoisotopic (exact) mass is 543 g/mol. The summed E-state index contributed by atoms with van der Waals surface area (Å²) < 4.78 is 49.0. The number of rotatable bonds is 14. The summed E-state index contributed by atoms with van der Waals surface area (Å²) in [6.45, 7) is 1.70. The quantitative estimate of drug-likeness (QED) is 0.103. The maximum Gasteiger partial charge on any atom is 0.459 e. The Morgan fingerprint density at radius 3 is 2.59 bits per heavy atom. The number of nitrogens with zero attached hydrogens (tertiary/aromatic N) is 5. The number of aromatic nitrogens is 2. The summed E-state index contributed by atoms with van der Waals surface area (Å²) in [6, 6.07) is 4.65. The van der Waals surface area contributed by atoms with Crippen molar-refractivity contribution in [3.05, 3.63) is 63.3 Å². The largest absolute Gasteiger partial charge is 0.468 e. The Morgan fingerprint density at radius 2 is 2.03 bits per heavy atom. The number of nitrogens with two attached hydrogens (primary N) is 1. The van der Waals surface area contributed by atoms with Crippen molar-refractivity contribution in [2.75, 3.05) is 26.0 Å². The molecule has 0 fully saturated rings. The van der Waals surface area contributed by atoms with Gasteiger partial charge in [0, 0.05) is 11.1 Å². The van der Waals surface area contributed by atoms with Crippen molar-refractivity contribution >= 4 is 19.5 Å². The molecule has 0 aliphatic carbocycles. The Bertz CT molecular complexity index is 1210. The van der Waals surface area contributed by atoms with Gasteiger partial charge in [-0.2, -0.15) is 10.1 Å². The molecule has 1 aromatic carbocycles. The summed E-state index contributed by atoms with van der Waals surface area (Å²) in [4.78, 5) is 30.4. The van der Waals surface area contributed by atoms with E-state index in [0.29, 0.717) is 0 Å². The molecule has 1 aromatic heterocycles. The number of ether oxygens (including phenoxy) is 2. The third kappa shape index (κ3) is 9.13. The van der Waals surface area contributed by atoms with Gasteiger partial charge in [0.15, 0.2) is 0 Å². The number of azide groups is 1. The molecule has 0 saturated heterocycles. The summed E-state index contributed by atoms with van der Waals surface area (Å²) >= 11 is 0. The Labute approximate surface area is 210 Å². The van der Waals surface area contributed by atoms with E-state index in [1.54, 1.807) is 0 Å². The summed E-state index contributed by atoms with van der Waals surface area (Å²) in [5.41, 5.74) is 13.4. The molecule has 202 valence electrons. The third-order valence-corrected chi connectivity index (χ3v) is 6.33. The molecule has 0 amide bonds. The Balaban J connectivity index is 2.29. The second-order valence-corrected chi connectivity index (χ2v) is 9.23. The molecule has 15 nitrogen and oxygen atoms in total. The number of hydrogen-bond acceptors (Lipinski definition) is 11. The van der Waals surface area contributed by atoms with E-state index in [1.807, 2.05) is 0 Å². The van der Waals surface area contributed by atoms with Crippen molar-refractivity contribution in [3.63, 3.8) is 0 Å². The van der Waals surface area contributed by atoms with E-state index < -0.39 is 56.3 Å². The van der Waals surface area contributed by atoms with Crippen molar-refractivity contribution in [2.24, 2.45) is 5.11 Å². The molecule has 5 atom stereocenters. The molecule has 0 saturated carbocycles. The second kappa shape index (κ2) is 13.7. The van der Waals surface area contributed by atoms with Crippen LogP contribution in [0.3, 0.4) is 0 Å². The van der Waals surface area contributed by atoms with Crippen LogP contribution in [0.1, 0.15) is 20.1 Å². The summed E-state index contributed by atoms with van der Waals surface area (Å²) in [5, 5.41) is 16.1. The molecular formula is C20H27FN7O8P. The topological polar surface area (TPSA) is 213 Å².